The van der Waals surface area contributed by atoms with Gasteiger partial charge in [-0.2, -0.15) is 0 Å². The maximum atomic E-state index is 13.0. The number of aromatic hydroxyl groups is 1. The molecule has 8 heteroatoms. The molecule has 2 aliphatic rings. The first kappa shape index (κ1) is 26.2. The minimum absolute atomic E-state index is 0.122. The van der Waals surface area contributed by atoms with Crippen LogP contribution in [-0.2, 0) is 30.2 Å². The summed E-state index contributed by atoms with van der Waals surface area (Å²) in [5.74, 6) is -1.36. The van der Waals surface area contributed by atoms with Gasteiger partial charge in [0.25, 0.3) is 0 Å². The third-order valence-corrected chi connectivity index (χ3v) is 5.82. The number of phenols is 1. The summed E-state index contributed by atoms with van der Waals surface area (Å²) in [5.41, 5.74) is 0.742. The van der Waals surface area contributed by atoms with Gasteiger partial charge in [0.1, 0.15) is 23.5 Å². The SMILES string of the molecule is CC/C=C\C=C/C(=O)N/C=C/C[C@H]1C[C@H]2C[C@H](OC(C)=O)C[C@H](Cc3cccc(O)c3C(=O)O1)O2. The number of hydrogen-bond acceptors (Lipinski definition) is 7. The molecule has 2 heterocycles. The molecule has 0 aliphatic carbocycles. The number of carbonyl (C=O) groups excluding carboxylic acids is 3. The van der Waals surface area contributed by atoms with Crippen LogP contribution in [0.15, 0.2) is 54.8 Å². The van der Waals surface area contributed by atoms with E-state index in [2.05, 4.69) is 5.32 Å². The van der Waals surface area contributed by atoms with E-state index in [1.165, 1.54) is 25.3 Å². The molecule has 0 saturated carbocycles. The maximum absolute atomic E-state index is 13.0. The predicted molar refractivity (Wildman–Crippen MR) is 130 cm³/mol. The molecule has 1 fully saturated rings. The van der Waals surface area contributed by atoms with Crippen molar-refractivity contribution in [3.05, 3.63) is 65.9 Å². The number of esters is 2. The maximum Gasteiger partial charge on any atom is 0.342 e. The Hall–Kier alpha value is -3.39. The van der Waals surface area contributed by atoms with Crippen LogP contribution < -0.4 is 5.32 Å². The first-order valence-corrected chi connectivity index (χ1v) is 12.0. The Morgan fingerprint density at radius 3 is 2.74 bits per heavy atom. The average Bonchev–Trinajstić information content (AvgIpc) is 2.78. The minimum atomic E-state index is -0.595. The summed E-state index contributed by atoms with van der Waals surface area (Å²) in [6.07, 6.45) is 11.7. The van der Waals surface area contributed by atoms with Crippen LogP contribution in [0.4, 0.5) is 0 Å². The van der Waals surface area contributed by atoms with Gasteiger partial charge in [-0.3, -0.25) is 9.59 Å². The first-order valence-electron chi connectivity index (χ1n) is 12.0. The van der Waals surface area contributed by atoms with Crippen molar-refractivity contribution in [2.45, 2.75) is 76.8 Å². The van der Waals surface area contributed by atoms with Crippen molar-refractivity contribution >= 4 is 17.8 Å². The summed E-state index contributed by atoms with van der Waals surface area (Å²) in [5, 5.41) is 13.0. The van der Waals surface area contributed by atoms with Gasteiger partial charge in [-0.05, 0) is 24.5 Å². The standard InChI is InChI=1S/C27H33NO7/c1-3-4-5-6-12-25(31)28-13-8-10-20-15-23-17-22(33-18(2)29)16-21(34-23)14-19-9-7-11-24(30)26(19)27(32)35-20/h4-9,11-13,20-23,30H,3,10,14-17H2,1-2H3,(H,28,31)/b5-4-,12-6-,13-8+/t20-,21-,22+,23-/m0/s1. The number of amides is 1. The van der Waals surface area contributed by atoms with E-state index in [0.29, 0.717) is 37.7 Å². The number of cyclic esters (lactones) is 1. The number of phenolic OH excluding ortho intramolecular Hbond substituents is 1. The number of carbonyl (C=O) groups is 3. The zero-order valence-electron chi connectivity index (χ0n) is 20.1. The molecule has 2 bridgehead atoms. The number of rotatable bonds is 7. The Balaban J connectivity index is 1.74. The van der Waals surface area contributed by atoms with Crippen LogP contribution in [0.2, 0.25) is 0 Å². The summed E-state index contributed by atoms with van der Waals surface area (Å²) < 4.78 is 17.5. The predicted octanol–water partition coefficient (Wildman–Crippen LogP) is 3.89. The molecule has 35 heavy (non-hydrogen) atoms. The molecular weight excluding hydrogens is 450 g/mol. The van der Waals surface area contributed by atoms with E-state index in [-0.39, 0.29) is 41.5 Å². The number of ether oxygens (including phenoxy) is 3. The van der Waals surface area contributed by atoms with E-state index in [1.807, 2.05) is 13.0 Å². The fourth-order valence-electron chi connectivity index (χ4n) is 4.38. The van der Waals surface area contributed by atoms with E-state index in [4.69, 9.17) is 14.2 Å². The molecule has 2 aliphatic heterocycles. The van der Waals surface area contributed by atoms with Gasteiger partial charge in [-0.25, -0.2) is 4.79 Å². The van der Waals surface area contributed by atoms with E-state index < -0.39 is 12.1 Å². The summed E-state index contributed by atoms with van der Waals surface area (Å²) in [6.45, 7) is 3.39. The fourth-order valence-corrected chi connectivity index (χ4v) is 4.38. The largest absolute Gasteiger partial charge is 0.507 e. The van der Waals surface area contributed by atoms with Gasteiger partial charge in [0.05, 0.1) is 12.2 Å². The third kappa shape index (κ3) is 8.10. The molecule has 8 nitrogen and oxygen atoms in total. The van der Waals surface area contributed by atoms with Crippen molar-refractivity contribution in [1.82, 2.24) is 5.32 Å². The molecule has 0 spiro atoms. The highest BCUT2D eigenvalue weighted by Gasteiger charge is 2.36. The van der Waals surface area contributed by atoms with Gasteiger partial charge in [-0.15, -0.1) is 0 Å². The minimum Gasteiger partial charge on any atom is -0.507 e. The molecule has 1 aromatic rings. The second-order valence-electron chi connectivity index (χ2n) is 8.70. The normalized spacial score (nSPS) is 24.8. The molecule has 2 N–H and O–H groups in total. The zero-order valence-corrected chi connectivity index (χ0v) is 20.1. The lowest BCUT2D eigenvalue weighted by Crippen LogP contribution is -2.41. The summed E-state index contributed by atoms with van der Waals surface area (Å²) in [4.78, 5) is 36.4. The van der Waals surface area contributed by atoms with Crippen LogP contribution >= 0.6 is 0 Å². The Kier molecular flexibility index (Phi) is 9.66. The Labute approximate surface area is 205 Å². The number of nitrogens with one attached hydrogen (secondary N) is 1. The van der Waals surface area contributed by atoms with Crippen LogP contribution in [0.3, 0.4) is 0 Å². The Morgan fingerprint density at radius 2 is 1.97 bits per heavy atom. The molecule has 0 radical (unpaired) electrons. The third-order valence-electron chi connectivity index (χ3n) is 5.82. The lowest BCUT2D eigenvalue weighted by molar-refractivity contribution is -0.161. The number of hydrogen-bond donors (Lipinski definition) is 2. The molecule has 0 unspecified atom stereocenters. The second-order valence-corrected chi connectivity index (χ2v) is 8.70. The molecular formula is C27H33NO7. The van der Waals surface area contributed by atoms with Crippen molar-refractivity contribution in [3.8, 4) is 5.75 Å². The van der Waals surface area contributed by atoms with Gasteiger partial charge in [-0.1, -0.05) is 43.4 Å². The highest BCUT2D eigenvalue weighted by Crippen LogP contribution is 2.33. The van der Waals surface area contributed by atoms with Gasteiger partial charge in [0.2, 0.25) is 5.91 Å². The van der Waals surface area contributed by atoms with Crippen molar-refractivity contribution in [2.75, 3.05) is 0 Å². The number of benzene rings is 1. The van der Waals surface area contributed by atoms with Crippen molar-refractivity contribution in [1.29, 1.82) is 0 Å². The first-order chi connectivity index (χ1) is 16.9. The molecule has 0 aromatic heterocycles. The van der Waals surface area contributed by atoms with Gasteiger partial charge in [0.15, 0.2) is 0 Å². The molecule has 4 atom stereocenters. The lowest BCUT2D eigenvalue weighted by atomic mass is 9.91. The molecule has 3 rings (SSSR count). The Morgan fingerprint density at radius 1 is 1.17 bits per heavy atom. The highest BCUT2D eigenvalue weighted by atomic mass is 16.6. The fraction of sp³-hybridized carbons (Fsp3) is 0.444. The quantitative estimate of drug-likeness (QED) is 0.344. The molecule has 1 saturated heterocycles. The molecule has 1 amide bonds. The van der Waals surface area contributed by atoms with Crippen LogP contribution in [0.5, 0.6) is 5.75 Å². The van der Waals surface area contributed by atoms with E-state index in [1.54, 1.807) is 30.4 Å². The monoisotopic (exact) mass is 483 g/mol. The van der Waals surface area contributed by atoms with E-state index >= 15 is 0 Å². The molecule has 1 aromatic carbocycles. The number of fused-ring (bicyclic) bond motifs is 3. The summed E-state index contributed by atoms with van der Waals surface area (Å²) in [6, 6.07) is 4.89. The van der Waals surface area contributed by atoms with Gasteiger partial charge < -0.3 is 24.6 Å². The molecule has 188 valence electrons. The van der Waals surface area contributed by atoms with E-state index in [9.17, 15) is 19.5 Å². The van der Waals surface area contributed by atoms with Crippen LogP contribution in [0, 0.1) is 0 Å². The average molecular weight is 484 g/mol. The zero-order chi connectivity index (χ0) is 25.2. The van der Waals surface area contributed by atoms with E-state index in [0.717, 1.165) is 6.42 Å². The van der Waals surface area contributed by atoms with Crippen LogP contribution in [-0.4, -0.2) is 47.4 Å². The Bertz CT molecular complexity index is 997. The van der Waals surface area contributed by atoms with Gasteiger partial charge in [0, 0.05) is 44.9 Å². The summed E-state index contributed by atoms with van der Waals surface area (Å²) in [7, 11) is 0. The summed E-state index contributed by atoms with van der Waals surface area (Å²) >= 11 is 0. The van der Waals surface area contributed by atoms with Crippen molar-refractivity contribution < 1.29 is 33.7 Å². The van der Waals surface area contributed by atoms with Crippen LogP contribution in [0.1, 0.15) is 61.9 Å². The topological polar surface area (TPSA) is 111 Å². The van der Waals surface area contributed by atoms with Crippen molar-refractivity contribution in [3.63, 3.8) is 0 Å². The smallest absolute Gasteiger partial charge is 0.342 e. The second kappa shape index (κ2) is 12.9. The van der Waals surface area contributed by atoms with Crippen molar-refractivity contribution in [2.24, 2.45) is 0 Å². The lowest BCUT2D eigenvalue weighted by Gasteiger charge is -2.37. The van der Waals surface area contributed by atoms with Crippen LogP contribution in [0.25, 0.3) is 0 Å². The van der Waals surface area contributed by atoms with Gasteiger partial charge >= 0.3 is 11.9 Å². The number of allylic oxidation sites excluding steroid dienone is 3. The highest BCUT2D eigenvalue weighted by molar-refractivity contribution is 5.94.